The summed E-state index contributed by atoms with van der Waals surface area (Å²) in [6, 6.07) is 7.98. The number of amides is 2. The molecule has 1 aliphatic rings. The van der Waals surface area contributed by atoms with Crippen LogP contribution in [-0.4, -0.2) is 35.1 Å². The van der Waals surface area contributed by atoms with Crippen LogP contribution < -0.4 is 5.32 Å². The summed E-state index contributed by atoms with van der Waals surface area (Å²) in [5.41, 5.74) is 0.840. The van der Waals surface area contributed by atoms with E-state index in [0.29, 0.717) is 18.3 Å². The number of anilines is 1. The fourth-order valence-corrected chi connectivity index (χ4v) is 3.43. The monoisotopic (exact) mass is 320 g/mol. The third-order valence-corrected chi connectivity index (χ3v) is 4.82. The van der Waals surface area contributed by atoms with Gasteiger partial charge in [-0.05, 0) is 37.1 Å². The second-order valence-corrected chi connectivity index (χ2v) is 7.61. The lowest BCUT2D eigenvalue weighted by atomic mass is 9.96. The molecule has 2 rings (SSSR count). The van der Waals surface area contributed by atoms with Gasteiger partial charge < -0.3 is 10.2 Å². The van der Waals surface area contributed by atoms with Gasteiger partial charge in [0.1, 0.15) is 0 Å². The number of carbonyl (C=O) groups excluding carboxylic acids is 2. The van der Waals surface area contributed by atoms with Gasteiger partial charge in [-0.2, -0.15) is 0 Å². The Bertz CT molecular complexity index is 520. The summed E-state index contributed by atoms with van der Waals surface area (Å²) in [7, 11) is 0. The van der Waals surface area contributed by atoms with Crippen molar-refractivity contribution in [2.75, 3.05) is 18.4 Å². The van der Waals surface area contributed by atoms with Crippen LogP contribution in [0.5, 0.6) is 0 Å². The van der Waals surface area contributed by atoms with Gasteiger partial charge in [-0.25, -0.2) is 0 Å². The summed E-state index contributed by atoms with van der Waals surface area (Å²) in [4.78, 5) is 26.6. The summed E-state index contributed by atoms with van der Waals surface area (Å²) >= 11 is 1.81. The molecule has 2 amide bonds. The van der Waals surface area contributed by atoms with Crippen molar-refractivity contribution in [2.45, 2.75) is 43.8 Å². The molecule has 1 saturated heterocycles. The molecule has 0 aromatic heterocycles. The molecule has 1 aromatic carbocycles. The highest BCUT2D eigenvalue weighted by Crippen LogP contribution is 2.25. The maximum atomic E-state index is 12.3. The van der Waals surface area contributed by atoms with E-state index < -0.39 is 0 Å². The van der Waals surface area contributed by atoms with Gasteiger partial charge in [0.2, 0.25) is 11.8 Å². The van der Waals surface area contributed by atoms with Gasteiger partial charge >= 0.3 is 0 Å². The summed E-state index contributed by atoms with van der Waals surface area (Å²) in [5, 5.41) is 3.53. The van der Waals surface area contributed by atoms with Crippen molar-refractivity contribution in [1.29, 1.82) is 0 Å². The molecule has 120 valence electrons. The highest BCUT2D eigenvalue weighted by Gasteiger charge is 2.25. The summed E-state index contributed by atoms with van der Waals surface area (Å²) < 4.78 is 0. The predicted octanol–water partition coefficient (Wildman–Crippen LogP) is 3.38. The first kappa shape index (κ1) is 16.9. The van der Waals surface area contributed by atoms with Crippen molar-refractivity contribution in [3.63, 3.8) is 0 Å². The van der Waals surface area contributed by atoms with Crippen LogP contribution in [0.4, 0.5) is 5.69 Å². The first-order valence-electron chi connectivity index (χ1n) is 7.79. The Labute approximate surface area is 136 Å². The lowest BCUT2D eigenvalue weighted by molar-refractivity contribution is -0.132. The maximum absolute atomic E-state index is 12.3. The van der Waals surface area contributed by atoms with E-state index in [-0.39, 0.29) is 17.7 Å². The lowest BCUT2D eigenvalue weighted by Crippen LogP contribution is -2.40. The Balaban J connectivity index is 1.86. The van der Waals surface area contributed by atoms with E-state index >= 15 is 0 Å². The molecule has 1 heterocycles. The van der Waals surface area contributed by atoms with E-state index in [2.05, 4.69) is 19.2 Å². The first-order valence-corrected chi connectivity index (χ1v) is 8.67. The highest BCUT2D eigenvalue weighted by molar-refractivity contribution is 7.99. The van der Waals surface area contributed by atoms with Crippen molar-refractivity contribution >= 4 is 29.3 Å². The molecule has 5 heteroatoms. The molecule has 1 aliphatic heterocycles. The zero-order valence-corrected chi connectivity index (χ0v) is 14.3. The van der Waals surface area contributed by atoms with Crippen LogP contribution in [0.3, 0.4) is 0 Å². The topological polar surface area (TPSA) is 49.4 Å². The molecule has 4 nitrogen and oxygen atoms in total. The Kier molecular flexibility index (Phi) is 5.89. The molecule has 22 heavy (non-hydrogen) atoms. The molecule has 0 spiro atoms. The molecular formula is C17H24N2O2S. The van der Waals surface area contributed by atoms with Gasteiger partial charge in [0, 0.05) is 41.8 Å². The minimum atomic E-state index is 0.000292. The highest BCUT2D eigenvalue weighted by atomic mass is 32.2. The fraction of sp³-hybridized carbons (Fsp3) is 0.529. The van der Waals surface area contributed by atoms with Crippen LogP contribution in [0, 0.1) is 5.92 Å². The maximum Gasteiger partial charge on any atom is 0.227 e. The number of thioether (sulfide) groups is 1. The number of benzene rings is 1. The molecule has 1 aromatic rings. The number of rotatable bonds is 4. The summed E-state index contributed by atoms with van der Waals surface area (Å²) in [6.45, 7) is 7.26. The van der Waals surface area contributed by atoms with Crippen LogP contribution in [-0.2, 0) is 9.59 Å². The van der Waals surface area contributed by atoms with E-state index in [9.17, 15) is 9.59 Å². The average molecular weight is 320 g/mol. The van der Waals surface area contributed by atoms with Gasteiger partial charge in [-0.3, -0.25) is 9.59 Å². The van der Waals surface area contributed by atoms with Gasteiger partial charge in [0.15, 0.2) is 0 Å². The predicted molar refractivity (Wildman–Crippen MR) is 91.0 cm³/mol. The molecule has 0 saturated carbocycles. The molecule has 0 aliphatic carbocycles. The number of nitrogens with zero attached hydrogens (tertiary/aromatic N) is 1. The normalized spacial score (nSPS) is 15.9. The Hall–Kier alpha value is -1.49. The Morgan fingerprint density at radius 3 is 2.27 bits per heavy atom. The Morgan fingerprint density at radius 2 is 1.77 bits per heavy atom. The van der Waals surface area contributed by atoms with Crippen molar-refractivity contribution in [3.05, 3.63) is 24.3 Å². The van der Waals surface area contributed by atoms with Crippen LogP contribution >= 0.6 is 11.8 Å². The minimum Gasteiger partial charge on any atom is -0.343 e. The van der Waals surface area contributed by atoms with Crippen molar-refractivity contribution in [1.82, 2.24) is 4.90 Å². The smallest absolute Gasteiger partial charge is 0.227 e. The summed E-state index contributed by atoms with van der Waals surface area (Å²) in [6.07, 6.45) is 1.49. The van der Waals surface area contributed by atoms with Crippen molar-refractivity contribution in [2.24, 2.45) is 5.92 Å². The third-order valence-electron chi connectivity index (χ3n) is 3.80. The number of piperidine rings is 1. The second-order valence-electron chi connectivity index (χ2n) is 5.96. The SMILES string of the molecule is CC(=O)N1CCC(C(=O)Nc2ccc(SC(C)C)cc2)CC1. The molecular weight excluding hydrogens is 296 g/mol. The standard InChI is InChI=1S/C17H24N2O2S/c1-12(2)22-16-6-4-15(5-7-16)18-17(21)14-8-10-19(11-9-14)13(3)20/h4-7,12,14H,8-11H2,1-3H3,(H,18,21). The van der Waals surface area contributed by atoms with E-state index in [0.717, 1.165) is 18.5 Å². The van der Waals surface area contributed by atoms with Crippen molar-refractivity contribution in [3.8, 4) is 0 Å². The van der Waals surface area contributed by atoms with Gasteiger partial charge in [-0.1, -0.05) is 13.8 Å². The number of nitrogens with one attached hydrogen (secondary N) is 1. The van der Waals surface area contributed by atoms with E-state index in [4.69, 9.17) is 0 Å². The number of carbonyl (C=O) groups is 2. The summed E-state index contributed by atoms with van der Waals surface area (Å²) in [5.74, 6) is 0.157. The molecule has 1 fully saturated rings. The van der Waals surface area contributed by atoms with Crippen LogP contribution in [0.15, 0.2) is 29.2 Å². The molecule has 0 unspecified atom stereocenters. The third kappa shape index (κ3) is 4.77. The molecule has 0 radical (unpaired) electrons. The van der Waals surface area contributed by atoms with Crippen LogP contribution in [0.1, 0.15) is 33.6 Å². The van der Waals surface area contributed by atoms with Gasteiger partial charge in [-0.15, -0.1) is 11.8 Å². The van der Waals surface area contributed by atoms with Gasteiger partial charge in [0.05, 0.1) is 0 Å². The van der Waals surface area contributed by atoms with Crippen molar-refractivity contribution < 1.29 is 9.59 Å². The zero-order chi connectivity index (χ0) is 16.1. The Morgan fingerprint density at radius 1 is 1.18 bits per heavy atom. The number of hydrogen-bond acceptors (Lipinski definition) is 3. The zero-order valence-electron chi connectivity index (χ0n) is 13.5. The first-order chi connectivity index (χ1) is 10.5. The quantitative estimate of drug-likeness (QED) is 0.865. The minimum absolute atomic E-state index is 0.000292. The lowest BCUT2D eigenvalue weighted by Gasteiger charge is -2.30. The molecule has 0 atom stereocenters. The molecule has 0 bridgehead atoms. The van der Waals surface area contributed by atoms with E-state index in [1.165, 1.54) is 4.90 Å². The van der Waals surface area contributed by atoms with Crippen LogP contribution in [0.2, 0.25) is 0 Å². The molecule has 1 N–H and O–H groups in total. The van der Waals surface area contributed by atoms with E-state index in [1.54, 1.807) is 18.7 Å². The fourth-order valence-electron chi connectivity index (χ4n) is 2.59. The van der Waals surface area contributed by atoms with E-state index in [1.807, 2.05) is 29.2 Å². The largest absolute Gasteiger partial charge is 0.343 e. The van der Waals surface area contributed by atoms with Gasteiger partial charge in [0.25, 0.3) is 0 Å². The average Bonchev–Trinajstić information content (AvgIpc) is 2.49. The number of hydrogen-bond donors (Lipinski definition) is 1. The number of likely N-dealkylation sites (tertiary alicyclic amines) is 1. The second kappa shape index (κ2) is 7.68. The van der Waals surface area contributed by atoms with Crippen LogP contribution in [0.25, 0.3) is 0 Å².